The Labute approximate surface area is 105 Å². The highest BCUT2D eigenvalue weighted by Gasteiger charge is 2.25. The van der Waals surface area contributed by atoms with E-state index < -0.39 is 0 Å². The van der Waals surface area contributed by atoms with E-state index in [4.69, 9.17) is 4.74 Å². The topological polar surface area (TPSA) is 21.3 Å². The Hall–Kier alpha value is -0.540. The molecule has 1 aromatic carbocycles. The average molecular weight is 282 g/mol. The third-order valence-electron chi connectivity index (χ3n) is 3.29. The molecule has 1 unspecified atom stereocenters. The van der Waals surface area contributed by atoms with Gasteiger partial charge in [0.15, 0.2) is 0 Å². The SMILES string of the molecule is Brc1cccc2c1OCC(CNC1CC1)C2. The zero-order valence-electron chi connectivity index (χ0n) is 9.21. The van der Waals surface area contributed by atoms with Crippen molar-refractivity contribution in [3.8, 4) is 5.75 Å². The van der Waals surface area contributed by atoms with Crippen LogP contribution in [0.25, 0.3) is 0 Å². The second kappa shape index (κ2) is 4.38. The first-order valence-electron chi connectivity index (χ1n) is 5.96. The Morgan fingerprint density at radius 2 is 2.25 bits per heavy atom. The molecule has 2 aliphatic rings. The van der Waals surface area contributed by atoms with Crippen LogP contribution in [0, 0.1) is 5.92 Å². The van der Waals surface area contributed by atoms with Gasteiger partial charge < -0.3 is 10.1 Å². The maximum atomic E-state index is 5.83. The Morgan fingerprint density at radius 3 is 3.06 bits per heavy atom. The minimum Gasteiger partial charge on any atom is -0.492 e. The molecule has 2 nitrogen and oxygen atoms in total. The molecule has 0 amide bonds. The number of rotatable bonds is 3. The van der Waals surface area contributed by atoms with Crippen molar-refractivity contribution in [3.05, 3.63) is 28.2 Å². The lowest BCUT2D eigenvalue weighted by atomic mass is 9.97. The molecule has 1 aliphatic heterocycles. The molecule has 0 radical (unpaired) electrons. The molecule has 1 fully saturated rings. The highest BCUT2D eigenvalue weighted by molar-refractivity contribution is 9.10. The van der Waals surface area contributed by atoms with E-state index in [1.165, 1.54) is 18.4 Å². The number of benzene rings is 1. The van der Waals surface area contributed by atoms with Crippen LogP contribution in [0.5, 0.6) is 5.75 Å². The zero-order chi connectivity index (χ0) is 11.0. The molecular weight excluding hydrogens is 266 g/mol. The largest absolute Gasteiger partial charge is 0.492 e. The van der Waals surface area contributed by atoms with Gasteiger partial charge in [-0.25, -0.2) is 0 Å². The molecule has 3 rings (SSSR count). The monoisotopic (exact) mass is 281 g/mol. The molecule has 1 aromatic rings. The van der Waals surface area contributed by atoms with Crippen LogP contribution < -0.4 is 10.1 Å². The van der Waals surface area contributed by atoms with E-state index in [-0.39, 0.29) is 0 Å². The Balaban J connectivity index is 1.65. The first-order valence-corrected chi connectivity index (χ1v) is 6.76. The number of para-hydroxylation sites is 1. The second-order valence-corrected chi connectivity index (χ2v) is 5.65. The maximum absolute atomic E-state index is 5.83. The lowest BCUT2D eigenvalue weighted by Gasteiger charge is -2.26. The predicted molar refractivity (Wildman–Crippen MR) is 67.9 cm³/mol. The van der Waals surface area contributed by atoms with Crippen molar-refractivity contribution in [2.75, 3.05) is 13.2 Å². The molecule has 16 heavy (non-hydrogen) atoms. The van der Waals surface area contributed by atoms with Gasteiger partial charge in [-0.2, -0.15) is 0 Å². The summed E-state index contributed by atoms with van der Waals surface area (Å²) in [5, 5.41) is 3.58. The molecule has 1 heterocycles. The van der Waals surface area contributed by atoms with Crippen LogP contribution in [0.15, 0.2) is 22.7 Å². The summed E-state index contributed by atoms with van der Waals surface area (Å²) in [6.45, 7) is 1.94. The molecule has 1 aliphatic carbocycles. The van der Waals surface area contributed by atoms with Gasteiger partial charge in [-0.05, 0) is 46.8 Å². The molecule has 0 spiro atoms. The number of fused-ring (bicyclic) bond motifs is 1. The zero-order valence-corrected chi connectivity index (χ0v) is 10.8. The molecule has 1 atom stereocenters. The van der Waals surface area contributed by atoms with E-state index in [2.05, 4.69) is 33.4 Å². The fourth-order valence-electron chi connectivity index (χ4n) is 2.20. The van der Waals surface area contributed by atoms with Crippen molar-refractivity contribution in [2.45, 2.75) is 25.3 Å². The van der Waals surface area contributed by atoms with Crippen LogP contribution in [0.1, 0.15) is 18.4 Å². The van der Waals surface area contributed by atoms with Gasteiger partial charge in [0.05, 0.1) is 11.1 Å². The van der Waals surface area contributed by atoms with Gasteiger partial charge in [-0.15, -0.1) is 0 Å². The minimum absolute atomic E-state index is 0.627. The normalized spacial score (nSPS) is 23.7. The van der Waals surface area contributed by atoms with Crippen LogP contribution in [0.3, 0.4) is 0 Å². The lowest BCUT2D eigenvalue weighted by Crippen LogP contribution is -2.32. The van der Waals surface area contributed by atoms with Gasteiger partial charge >= 0.3 is 0 Å². The van der Waals surface area contributed by atoms with Gasteiger partial charge in [0.1, 0.15) is 5.75 Å². The first-order chi connectivity index (χ1) is 7.83. The molecule has 1 saturated carbocycles. The lowest BCUT2D eigenvalue weighted by molar-refractivity contribution is 0.216. The summed E-state index contributed by atoms with van der Waals surface area (Å²) in [7, 11) is 0. The summed E-state index contributed by atoms with van der Waals surface area (Å²) < 4.78 is 6.91. The molecule has 86 valence electrons. The Bertz CT molecular complexity index is 390. The third-order valence-corrected chi connectivity index (χ3v) is 3.92. The standard InChI is InChI=1S/C13H16BrNO/c14-12-3-1-2-10-6-9(8-16-13(10)12)7-15-11-4-5-11/h1-3,9,11,15H,4-8H2. The molecule has 0 saturated heterocycles. The van der Waals surface area contributed by atoms with Crippen LogP contribution >= 0.6 is 15.9 Å². The van der Waals surface area contributed by atoms with Crippen LogP contribution in [-0.4, -0.2) is 19.2 Å². The van der Waals surface area contributed by atoms with Crippen LogP contribution in [0.4, 0.5) is 0 Å². The maximum Gasteiger partial charge on any atom is 0.136 e. The summed E-state index contributed by atoms with van der Waals surface area (Å²) >= 11 is 3.53. The van der Waals surface area contributed by atoms with E-state index in [9.17, 15) is 0 Å². The number of nitrogens with one attached hydrogen (secondary N) is 1. The molecule has 1 N–H and O–H groups in total. The molecular formula is C13H16BrNO. The van der Waals surface area contributed by atoms with E-state index in [1.54, 1.807) is 0 Å². The van der Waals surface area contributed by atoms with Crippen LogP contribution in [-0.2, 0) is 6.42 Å². The average Bonchev–Trinajstić information content (AvgIpc) is 3.10. The molecule has 3 heteroatoms. The fraction of sp³-hybridized carbons (Fsp3) is 0.538. The highest BCUT2D eigenvalue weighted by atomic mass is 79.9. The van der Waals surface area contributed by atoms with Crippen LogP contribution in [0.2, 0.25) is 0 Å². The van der Waals surface area contributed by atoms with Gasteiger partial charge in [0, 0.05) is 18.5 Å². The molecule has 0 bridgehead atoms. The summed E-state index contributed by atoms with van der Waals surface area (Å²) in [5.74, 6) is 1.67. The Morgan fingerprint density at radius 1 is 1.38 bits per heavy atom. The van der Waals surface area contributed by atoms with Gasteiger partial charge in [0.2, 0.25) is 0 Å². The first kappa shape index (κ1) is 10.6. The highest BCUT2D eigenvalue weighted by Crippen LogP contribution is 2.34. The summed E-state index contributed by atoms with van der Waals surface area (Å²) in [5.41, 5.74) is 1.34. The van der Waals surface area contributed by atoms with Crippen molar-refractivity contribution < 1.29 is 4.74 Å². The summed E-state index contributed by atoms with van der Waals surface area (Å²) in [6, 6.07) is 7.09. The van der Waals surface area contributed by atoms with Crippen molar-refractivity contribution in [2.24, 2.45) is 5.92 Å². The van der Waals surface area contributed by atoms with Crippen molar-refractivity contribution >= 4 is 15.9 Å². The third kappa shape index (κ3) is 2.25. The smallest absolute Gasteiger partial charge is 0.136 e. The minimum atomic E-state index is 0.627. The fourth-order valence-corrected chi connectivity index (χ4v) is 2.72. The predicted octanol–water partition coefficient (Wildman–Crippen LogP) is 2.75. The number of hydrogen-bond donors (Lipinski definition) is 1. The summed E-state index contributed by atoms with van der Waals surface area (Å²) in [6.07, 6.45) is 3.85. The molecule has 0 aromatic heterocycles. The van der Waals surface area contributed by atoms with E-state index in [1.807, 2.05) is 6.07 Å². The van der Waals surface area contributed by atoms with Crippen molar-refractivity contribution in [1.29, 1.82) is 0 Å². The summed E-state index contributed by atoms with van der Waals surface area (Å²) in [4.78, 5) is 0. The number of hydrogen-bond acceptors (Lipinski definition) is 2. The Kier molecular flexibility index (Phi) is 2.90. The van der Waals surface area contributed by atoms with Crippen molar-refractivity contribution in [3.63, 3.8) is 0 Å². The van der Waals surface area contributed by atoms with E-state index in [0.717, 1.165) is 35.8 Å². The van der Waals surface area contributed by atoms with Gasteiger partial charge in [-0.1, -0.05) is 12.1 Å². The van der Waals surface area contributed by atoms with Gasteiger partial charge in [-0.3, -0.25) is 0 Å². The second-order valence-electron chi connectivity index (χ2n) is 4.79. The number of ether oxygens (including phenoxy) is 1. The number of halogens is 1. The quantitative estimate of drug-likeness (QED) is 0.920. The van der Waals surface area contributed by atoms with Crippen molar-refractivity contribution in [1.82, 2.24) is 5.32 Å². The van der Waals surface area contributed by atoms with Gasteiger partial charge in [0.25, 0.3) is 0 Å². The van der Waals surface area contributed by atoms with E-state index in [0.29, 0.717) is 5.92 Å². The van der Waals surface area contributed by atoms with E-state index >= 15 is 0 Å².